The maximum absolute atomic E-state index is 5.98. The molecule has 1 heterocycles. The highest BCUT2D eigenvalue weighted by molar-refractivity contribution is 6.34. The van der Waals surface area contributed by atoms with Crippen molar-refractivity contribution < 1.29 is 0 Å². The van der Waals surface area contributed by atoms with E-state index in [2.05, 4.69) is 6.58 Å². The standard InChI is InChI=1S/C10H13ClN2/c1-7(2)9(11)6-10-8(3)4-5-13(10)12/h4-6H,3,12H2,1-2H3/b10-6+. The fourth-order valence-corrected chi connectivity index (χ4v) is 1.04. The first kappa shape index (κ1) is 9.93. The third-order valence-corrected chi connectivity index (χ3v) is 2.27. The van der Waals surface area contributed by atoms with Crippen LogP contribution in [0.1, 0.15) is 13.8 Å². The Hall–Kier alpha value is -1.15. The van der Waals surface area contributed by atoms with E-state index < -0.39 is 0 Å². The van der Waals surface area contributed by atoms with Crippen LogP contribution in [0.5, 0.6) is 0 Å². The number of nitrogens with two attached hydrogens (primary N) is 1. The van der Waals surface area contributed by atoms with Gasteiger partial charge in [-0.05, 0) is 31.2 Å². The van der Waals surface area contributed by atoms with E-state index in [0.29, 0.717) is 5.03 Å². The Balaban J connectivity index is 3.38. The van der Waals surface area contributed by atoms with Gasteiger partial charge >= 0.3 is 0 Å². The minimum atomic E-state index is 0.704. The molecule has 0 saturated heterocycles. The van der Waals surface area contributed by atoms with Crippen molar-refractivity contribution in [3.05, 3.63) is 33.4 Å². The highest BCUT2D eigenvalue weighted by Crippen LogP contribution is 2.08. The van der Waals surface area contributed by atoms with Crippen LogP contribution in [0.15, 0.2) is 22.9 Å². The van der Waals surface area contributed by atoms with Gasteiger partial charge in [-0.25, -0.2) is 0 Å². The van der Waals surface area contributed by atoms with Crippen LogP contribution in [0.3, 0.4) is 0 Å². The second-order valence-electron chi connectivity index (χ2n) is 3.13. The number of nitrogens with zero attached hydrogens (tertiary/aromatic N) is 1. The van der Waals surface area contributed by atoms with E-state index in [-0.39, 0.29) is 0 Å². The van der Waals surface area contributed by atoms with Crippen molar-refractivity contribution in [2.45, 2.75) is 13.8 Å². The molecule has 0 aliphatic carbocycles. The van der Waals surface area contributed by atoms with Crippen LogP contribution in [0.2, 0.25) is 0 Å². The molecule has 1 rings (SSSR count). The van der Waals surface area contributed by atoms with Crippen LogP contribution in [0, 0.1) is 0 Å². The third kappa shape index (κ3) is 2.16. The molecular formula is C10H13ClN2. The Morgan fingerprint density at radius 3 is 2.62 bits per heavy atom. The van der Waals surface area contributed by atoms with Crippen LogP contribution in [0.4, 0.5) is 0 Å². The second-order valence-corrected chi connectivity index (χ2v) is 3.53. The van der Waals surface area contributed by atoms with Gasteiger partial charge in [0.25, 0.3) is 0 Å². The van der Waals surface area contributed by atoms with Crippen molar-refractivity contribution in [3.8, 4) is 0 Å². The molecule has 1 aromatic rings. The third-order valence-electron chi connectivity index (χ3n) is 1.78. The predicted octanol–water partition coefficient (Wildman–Crippen LogP) is 0.925. The van der Waals surface area contributed by atoms with Gasteiger partial charge in [-0.3, -0.25) is 4.68 Å². The molecule has 3 heteroatoms. The molecule has 2 N–H and O–H groups in total. The summed E-state index contributed by atoms with van der Waals surface area (Å²) in [6.07, 6.45) is 3.57. The van der Waals surface area contributed by atoms with Gasteiger partial charge in [0.05, 0.1) is 5.35 Å². The van der Waals surface area contributed by atoms with Gasteiger partial charge in [0, 0.05) is 11.2 Å². The molecule has 0 aliphatic rings. The van der Waals surface area contributed by atoms with Crippen LogP contribution < -0.4 is 16.4 Å². The van der Waals surface area contributed by atoms with Crippen LogP contribution in [-0.2, 0) is 0 Å². The largest absolute Gasteiger partial charge is 0.339 e. The first-order valence-corrected chi connectivity index (χ1v) is 4.36. The minimum absolute atomic E-state index is 0.704. The molecule has 0 aliphatic heterocycles. The quantitative estimate of drug-likeness (QED) is 0.666. The summed E-state index contributed by atoms with van der Waals surface area (Å²) in [6.45, 7) is 7.74. The lowest BCUT2D eigenvalue weighted by Crippen LogP contribution is -2.32. The van der Waals surface area contributed by atoms with E-state index in [1.165, 1.54) is 4.68 Å². The normalized spacial score (nSPS) is 11.8. The Kier molecular flexibility index (Phi) is 2.83. The number of aromatic nitrogens is 1. The summed E-state index contributed by atoms with van der Waals surface area (Å²) in [5.74, 6) is 5.65. The summed E-state index contributed by atoms with van der Waals surface area (Å²) >= 11 is 5.98. The SMILES string of the molecule is C=c1ccn(N)/c1=C/C(Cl)=C(C)C. The number of rotatable bonds is 1. The number of allylic oxidation sites excluding steroid dienone is 2. The molecule has 2 nitrogen and oxygen atoms in total. The van der Waals surface area contributed by atoms with E-state index in [1.54, 1.807) is 6.20 Å². The maximum atomic E-state index is 5.98. The van der Waals surface area contributed by atoms with E-state index in [9.17, 15) is 0 Å². The maximum Gasteiger partial charge on any atom is 0.0698 e. The zero-order valence-corrected chi connectivity index (χ0v) is 8.60. The first-order chi connectivity index (χ1) is 6.02. The summed E-state index contributed by atoms with van der Waals surface area (Å²) in [4.78, 5) is 0. The number of hydrogen-bond acceptors (Lipinski definition) is 1. The molecule has 0 unspecified atom stereocenters. The summed E-state index contributed by atoms with van der Waals surface area (Å²) in [7, 11) is 0. The topological polar surface area (TPSA) is 30.9 Å². The highest BCUT2D eigenvalue weighted by atomic mass is 35.5. The zero-order valence-electron chi connectivity index (χ0n) is 7.84. The van der Waals surface area contributed by atoms with Crippen molar-refractivity contribution >= 4 is 24.3 Å². The van der Waals surface area contributed by atoms with Gasteiger partial charge in [-0.15, -0.1) is 0 Å². The van der Waals surface area contributed by atoms with Gasteiger partial charge in [0.1, 0.15) is 0 Å². The molecule has 1 aromatic heterocycles. The molecule has 0 fully saturated rings. The smallest absolute Gasteiger partial charge is 0.0698 e. The van der Waals surface area contributed by atoms with Crippen molar-refractivity contribution in [1.29, 1.82) is 0 Å². The van der Waals surface area contributed by atoms with Gasteiger partial charge < -0.3 is 5.84 Å². The Morgan fingerprint density at radius 1 is 1.62 bits per heavy atom. The van der Waals surface area contributed by atoms with Gasteiger partial charge in [0.15, 0.2) is 0 Å². The van der Waals surface area contributed by atoms with Crippen molar-refractivity contribution in [1.82, 2.24) is 4.68 Å². The second kappa shape index (κ2) is 3.71. The molecule has 0 saturated carbocycles. The summed E-state index contributed by atoms with van der Waals surface area (Å²) in [6, 6.07) is 1.85. The first-order valence-electron chi connectivity index (χ1n) is 3.98. The fourth-order valence-electron chi connectivity index (χ4n) is 0.933. The lowest BCUT2D eigenvalue weighted by molar-refractivity contribution is 0.973. The fraction of sp³-hybridized carbons (Fsp3) is 0.200. The van der Waals surface area contributed by atoms with Crippen molar-refractivity contribution in [2.75, 3.05) is 5.84 Å². The molecule has 0 aromatic carbocycles. The van der Waals surface area contributed by atoms with Crippen LogP contribution >= 0.6 is 11.6 Å². The molecule has 0 bridgehead atoms. The van der Waals surface area contributed by atoms with Crippen LogP contribution in [0.25, 0.3) is 12.7 Å². The number of nitrogen functional groups attached to an aromatic ring is 1. The van der Waals surface area contributed by atoms with Gasteiger partial charge in [-0.1, -0.05) is 23.8 Å². The molecular weight excluding hydrogens is 184 g/mol. The molecule has 13 heavy (non-hydrogen) atoms. The van der Waals surface area contributed by atoms with Crippen molar-refractivity contribution in [3.63, 3.8) is 0 Å². The summed E-state index contributed by atoms with van der Waals surface area (Å²) in [5.41, 5.74) is 1.06. The Bertz CT molecular complexity index is 436. The Labute approximate surface area is 82.6 Å². The van der Waals surface area contributed by atoms with Gasteiger partial charge in [0.2, 0.25) is 0 Å². The summed E-state index contributed by atoms with van der Waals surface area (Å²) < 4.78 is 1.51. The van der Waals surface area contributed by atoms with E-state index in [1.807, 2.05) is 26.0 Å². The molecule has 0 radical (unpaired) electrons. The van der Waals surface area contributed by atoms with E-state index in [0.717, 1.165) is 16.1 Å². The lowest BCUT2D eigenvalue weighted by Gasteiger charge is -1.94. The monoisotopic (exact) mass is 196 g/mol. The molecule has 0 atom stereocenters. The van der Waals surface area contributed by atoms with Crippen LogP contribution in [-0.4, -0.2) is 4.68 Å². The predicted molar refractivity (Wildman–Crippen MR) is 58.0 cm³/mol. The molecule has 70 valence electrons. The average Bonchev–Trinajstić information content (AvgIpc) is 2.35. The summed E-state index contributed by atoms with van der Waals surface area (Å²) in [5, 5.41) is 2.42. The van der Waals surface area contributed by atoms with E-state index >= 15 is 0 Å². The zero-order chi connectivity index (χ0) is 10.0. The average molecular weight is 197 g/mol. The number of hydrogen-bond donors (Lipinski definition) is 1. The minimum Gasteiger partial charge on any atom is -0.339 e. The highest BCUT2D eigenvalue weighted by Gasteiger charge is 1.93. The van der Waals surface area contributed by atoms with Crippen molar-refractivity contribution in [2.24, 2.45) is 0 Å². The van der Waals surface area contributed by atoms with E-state index in [4.69, 9.17) is 17.4 Å². The van der Waals surface area contributed by atoms with Gasteiger partial charge in [-0.2, -0.15) is 0 Å². The number of halogens is 1. The lowest BCUT2D eigenvalue weighted by atomic mass is 10.3. The Morgan fingerprint density at radius 2 is 2.23 bits per heavy atom. The molecule has 0 amide bonds. The molecule has 0 spiro atoms.